The van der Waals surface area contributed by atoms with Crippen molar-refractivity contribution in [3.8, 4) is 17.2 Å². The molecule has 0 radical (unpaired) electrons. The van der Waals surface area contributed by atoms with Crippen molar-refractivity contribution in [3.05, 3.63) is 58.3 Å². The second-order valence-corrected chi connectivity index (χ2v) is 7.69. The summed E-state index contributed by atoms with van der Waals surface area (Å²) in [4.78, 5) is 14.0. The average molecular weight is 415 g/mol. The van der Waals surface area contributed by atoms with Crippen molar-refractivity contribution in [1.82, 2.24) is 9.47 Å². The van der Waals surface area contributed by atoms with Crippen molar-refractivity contribution in [3.63, 3.8) is 0 Å². The molecule has 30 heavy (non-hydrogen) atoms. The summed E-state index contributed by atoms with van der Waals surface area (Å²) in [6.07, 6.45) is 0.646. The van der Waals surface area contributed by atoms with Crippen molar-refractivity contribution in [2.75, 3.05) is 20.1 Å². The van der Waals surface area contributed by atoms with Gasteiger partial charge >= 0.3 is 5.76 Å². The van der Waals surface area contributed by atoms with E-state index in [1.165, 1.54) is 17.0 Å². The maximum atomic E-state index is 14.7. The van der Waals surface area contributed by atoms with Crippen LogP contribution in [0.1, 0.15) is 24.4 Å². The summed E-state index contributed by atoms with van der Waals surface area (Å²) in [5.41, 5.74) is 2.04. The zero-order valence-corrected chi connectivity index (χ0v) is 16.4. The van der Waals surface area contributed by atoms with Crippen LogP contribution in [0.25, 0.3) is 22.2 Å². The van der Waals surface area contributed by atoms with Crippen LogP contribution in [0.4, 0.5) is 13.2 Å². The highest BCUT2D eigenvalue weighted by Crippen LogP contribution is 2.38. The normalized spacial score (nSPS) is 19.1. The lowest BCUT2D eigenvalue weighted by molar-refractivity contribution is -0.0984. The highest BCUT2D eigenvalue weighted by molar-refractivity contribution is 5.81. The van der Waals surface area contributed by atoms with E-state index < -0.39 is 30.1 Å². The number of aromatic nitrogens is 1. The molecule has 1 aliphatic heterocycles. The third kappa shape index (κ3) is 3.61. The van der Waals surface area contributed by atoms with Crippen LogP contribution in [0.3, 0.4) is 0 Å². The molecule has 156 valence electrons. The quantitative estimate of drug-likeness (QED) is 0.635. The van der Waals surface area contributed by atoms with Crippen LogP contribution >= 0.6 is 0 Å². The molecule has 0 amide bonds. The van der Waals surface area contributed by atoms with Crippen LogP contribution in [-0.4, -0.2) is 35.5 Å². The third-order valence-corrected chi connectivity index (χ3v) is 5.57. The first-order valence-corrected chi connectivity index (χ1v) is 9.67. The molecule has 1 saturated heterocycles. The van der Waals surface area contributed by atoms with Crippen LogP contribution in [-0.2, 0) is 6.42 Å². The molecule has 0 spiro atoms. The van der Waals surface area contributed by atoms with Gasteiger partial charge in [0.15, 0.2) is 5.58 Å². The number of fused-ring (bicyclic) bond motifs is 1. The fourth-order valence-electron chi connectivity index (χ4n) is 4.04. The Balaban J connectivity index is 1.77. The lowest BCUT2D eigenvalue weighted by Gasteiger charge is -2.36. The molecule has 0 bridgehead atoms. The largest absolute Gasteiger partial charge is 0.420 e. The Morgan fingerprint density at radius 2 is 1.97 bits per heavy atom. The number of hydrogen-bond acceptors (Lipinski definition) is 4. The summed E-state index contributed by atoms with van der Waals surface area (Å²) < 4.78 is 50.0. The van der Waals surface area contributed by atoms with Gasteiger partial charge in [-0.3, -0.25) is 4.57 Å². The highest BCUT2D eigenvalue weighted by atomic mass is 19.3. The first-order valence-electron chi connectivity index (χ1n) is 9.67. The van der Waals surface area contributed by atoms with E-state index in [1.54, 1.807) is 31.3 Å². The first-order chi connectivity index (χ1) is 14.3. The molecular weight excluding hydrogens is 395 g/mol. The molecule has 1 unspecified atom stereocenters. The Hall–Kier alpha value is -3.05. The summed E-state index contributed by atoms with van der Waals surface area (Å²) in [6.45, 7) is 0.000270. The van der Waals surface area contributed by atoms with Gasteiger partial charge < -0.3 is 9.32 Å². The van der Waals surface area contributed by atoms with E-state index in [0.29, 0.717) is 29.7 Å². The van der Waals surface area contributed by atoms with Crippen molar-refractivity contribution >= 4 is 11.1 Å². The van der Waals surface area contributed by atoms with E-state index in [4.69, 9.17) is 9.68 Å². The van der Waals surface area contributed by atoms with Crippen LogP contribution in [0.2, 0.25) is 0 Å². The Morgan fingerprint density at radius 1 is 1.23 bits per heavy atom. The van der Waals surface area contributed by atoms with Gasteiger partial charge in [0.2, 0.25) is 0 Å². The molecule has 8 heteroatoms. The van der Waals surface area contributed by atoms with E-state index >= 15 is 0 Å². The molecule has 1 aliphatic rings. The highest BCUT2D eigenvalue weighted by Gasteiger charge is 2.46. The monoisotopic (exact) mass is 415 g/mol. The molecule has 0 N–H and O–H groups in total. The number of benzene rings is 2. The van der Waals surface area contributed by atoms with Gasteiger partial charge in [-0.1, -0.05) is 18.2 Å². The summed E-state index contributed by atoms with van der Waals surface area (Å²) in [5, 5.41) is 8.67. The summed E-state index contributed by atoms with van der Waals surface area (Å²) >= 11 is 0. The van der Waals surface area contributed by atoms with Gasteiger partial charge in [-0.15, -0.1) is 0 Å². The molecule has 1 atom stereocenters. The molecule has 2 heterocycles. The minimum atomic E-state index is -3.09. The second-order valence-electron chi connectivity index (χ2n) is 7.69. The number of nitriles is 1. The van der Waals surface area contributed by atoms with E-state index in [2.05, 4.69) is 0 Å². The van der Waals surface area contributed by atoms with Crippen molar-refractivity contribution < 1.29 is 17.6 Å². The molecule has 3 aromatic rings. The maximum absolute atomic E-state index is 14.7. The van der Waals surface area contributed by atoms with Crippen LogP contribution in [0.15, 0.2) is 45.6 Å². The van der Waals surface area contributed by atoms with Gasteiger partial charge in [-0.25, -0.2) is 18.0 Å². The van der Waals surface area contributed by atoms with E-state index in [-0.39, 0.29) is 23.9 Å². The number of halogens is 3. The number of aryl methyl sites for hydroxylation is 1. The first kappa shape index (κ1) is 20.2. The molecule has 0 saturated carbocycles. The van der Waals surface area contributed by atoms with Gasteiger partial charge in [0.05, 0.1) is 18.1 Å². The van der Waals surface area contributed by atoms with Gasteiger partial charge in [0.25, 0.3) is 5.92 Å². The van der Waals surface area contributed by atoms with Crippen molar-refractivity contribution in [2.45, 2.75) is 31.2 Å². The zero-order chi connectivity index (χ0) is 21.5. The lowest BCUT2D eigenvalue weighted by atomic mass is 9.99. The van der Waals surface area contributed by atoms with E-state index in [1.807, 2.05) is 6.07 Å². The molecule has 2 aromatic carbocycles. The Labute approximate surface area is 170 Å². The lowest BCUT2D eigenvalue weighted by Crippen LogP contribution is -2.49. The summed E-state index contributed by atoms with van der Waals surface area (Å²) in [5.74, 6) is -4.35. The number of hydrogen-bond donors (Lipinski definition) is 0. The topological polar surface area (TPSA) is 62.2 Å². The number of rotatable bonds is 4. The standard InChI is InChI=1S/C22H20F3N3O2/c1-27-10-8-20(22(24,25)13-27)28-18-12-16(6-7-19(18)30-21(28)29)15-5-4-14(3-2-9-26)17(23)11-15/h4-7,11-12,20H,2-3,8,10,13H2,1H3. The molecule has 5 nitrogen and oxygen atoms in total. The maximum Gasteiger partial charge on any atom is 0.420 e. The third-order valence-electron chi connectivity index (χ3n) is 5.57. The van der Waals surface area contributed by atoms with Crippen molar-refractivity contribution in [2.24, 2.45) is 0 Å². The predicted octanol–water partition coefficient (Wildman–Crippen LogP) is 4.37. The molecule has 1 fully saturated rings. The SMILES string of the molecule is CN1CCC(n2c(=O)oc3ccc(-c4ccc(CCC#N)c(F)c4)cc32)C(F)(F)C1. The second kappa shape index (κ2) is 7.65. The van der Waals surface area contributed by atoms with E-state index in [0.717, 1.165) is 4.57 Å². The van der Waals surface area contributed by atoms with Crippen molar-refractivity contribution in [1.29, 1.82) is 5.26 Å². The van der Waals surface area contributed by atoms with Gasteiger partial charge in [0, 0.05) is 13.0 Å². The molecular formula is C22H20F3N3O2. The summed E-state index contributed by atoms with van der Waals surface area (Å²) in [7, 11) is 1.62. The Bertz CT molecular complexity index is 1190. The van der Waals surface area contributed by atoms with Crippen LogP contribution in [0.5, 0.6) is 0 Å². The average Bonchev–Trinajstić information content (AvgIpc) is 3.01. The van der Waals surface area contributed by atoms with Crippen LogP contribution < -0.4 is 5.76 Å². The van der Waals surface area contributed by atoms with E-state index in [9.17, 15) is 18.0 Å². The smallest absolute Gasteiger partial charge is 0.408 e. The fraction of sp³-hybridized carbons (Fsp3) is 0.364. The number of alkyl halides is 2. The zero-order valence-electron chi connectivity index (χ0n) is 16.4. The predicted molar refractivity (Wildman–Crippen MR) is 106 cm³/mol. The number of nitrogens with zero attached hydrogens (tertiary/aromatic N) is 3. The fourth-order valence-corrected chi connectivity index (χ4v) is 4.04. The van der Waals surface area contributed by atoms with Gasteiger partial charge in [-0.2, -0.15) is 5.26 Å². The van der Waals surface area contributed by atoms with Gasteiger partial charge in [0.1, 0.15) is 11.9 Å². The molecule has 0 aliphatic carbocycles. The van der Waals surface area contributed by atoms with Gasteiger partial charge in [-0.05, 0) is 54.8 Å². The molecule has 4 rings (SSSR count). The Morgan fingerprint density at radius 3 is 2.67 bits per heavy atom. The number of piperidine rings is 1. The summed E-state index contributed by atoms with van der Waals surface area (Å²) in [6, 6.07) is 10.1. The number of oxazole rings is 1. The van der Waals surface area contributed by atoms with Crippen LogP contribution in [0, 0.1) is 17.1 Å². The molecule has 1 aromatic heterocycles. The minimum absolute atomic E-state index is 0.116. The number of likely N-dealkylation sites (tertiary alicyclic amines) is 1. The Kier molecular flexibility index (Phi) is 5.16. The minimum Gasteiger partial charge on any atom is -0.408 e.